The monoisotopic (exact) mass is 243 g/mol. The molecule has 0 aliphatic heterocycles. The first-order valence-electron chi connectivity index (χ1n) is 5.38. The third kappa shape index (κ3) is 4.41. The minimum absolute atomic E-state index is 0.0305. The van der Waals surface area contributed by atoms with Crippen LogP contribution >= 0.6 is 11.8 Å². The highest BCUT2D eigenvalue weighted by molar-refractivity contribution is 7.98. The van der Waals surface area contributed by atoms with Crippen molar-refractivity contribution in [3.63, 3.8) is 0 Å². The summed E-state index contributed by atoms with van der Waals surface area (Å²) >= 11 is 1.78. The van der Waals surface area contributed by atoms with Gasteiger partial charge in [-0.1, -0.05) is 12.1 Å². The highest BCUT2D eigenvalue weighted by atomic mass is 32.2. The van der Waals surface area contributed by atoms with Crippen molar-refractivity contribution >= 4 is 17.4 Å². The van der Waals surface area contributed by atoms with Crippen LogP contribution in [0, 0.1) is 5.82 Å². The Morgan fingerprint density at radius 1 is 1.44 bits per heavy atom. The van der Waals surface area contributed by atoms with Gasteiger partial charge in [0.05, 0.1) is 12.3 Å². The molecular formula is C12H18FNOS. The number of benzene rings is 1. The molecule has 0 amide bonds. The van der Waals surface area contributed by atoms with E-state index in [0.717, 1.165) is 18.6 Å². The van der Waals surface area contributed by atoms with Crippen molar-refractivity contribution in [3.8, 4) is 0 Å². The third-order valence-corrected chi connectivity index (χ3v) is 3.05. The average Bonchev–Trinajstić information content (AvgIpc) is 2.30. The Morgan fingerprint density at radius 2 is 2.19 bits per heavy atom. The number of nitrogens with one attached hydrogen (secondary N) is 1. The van der Waals surface area contributed by atoms with Crippen molar-refractivity contribution in [3.05, 3.63) is 30.1 Å². The second-order valence-corrected chi connectivity index (χ2v) is 4.62. The first-order valence-corrected chi connectivity index (χ1v) is 6.78. The zero-order chi connectivity index (χ0) is 11.8. The number of anilines is 1. The lowest BCUT2D eigenvalue weighted by Gasteiger charge is -2.17. The van der Waals surface area contributed by atoms with Crippen molar-refractivity contribution < 1.29 is 9.50 Å². The average molecular weight is 243 g/mol. The summed E-state index contributed by atoms with van der Waals surface area (Å²) in [5.74, 6) is 0.793. The van der Waals surface area contributed by atoms with Crippen LogP contribution in [0.5, 0.6) is 0 Å². The molecular weight excluding hydrogens is 225 g/mol. The molecule has 0 radical (unpaired) electrons. The Morgan fingerprint density at radius 3 is 2.81 bits per heavy atom. The summed E-state index contributed by atoms with van der Waals surface area (Å²) < 4.78 is 13.3. The smallest absolute Gasteiger partial charge is 0.146 e. The van der Waals surface area contributed by atoms with Gasteiger partial charge in [0.2, 0.25) is 0 Å². The zero-order valence-corrected chi connectivity index (χ0v) is 10.3. The fourth-order valence-corrected chi connectivity index (χ4v) is 1.94. The lowest BCUT2D eigenvalue weighted by molar-refractivity contribution is 0.268. The van der Waals surface area contributed by atoms with Gasteiger partial charge in [-0.2, -0.15) is 11.8 Å². The summed E-state index contributed by atoms with van der Waals surface area (Å²) in [4.78, 5) is 0. The minimum atomic E-state index is -0.272. The SMILES string of the molecule is CSCCCC(CO)Nc1ccccc1F. The van der Waals surface area contributed by atoms with Gasteiger partial charge in [0.1, 0.15) is 5.82 Å². The van der Waals surface area contributed by atoms with Crippen molar-refractivity contribution in [2.24, 2.45) is 0 Å². The summed E-state index contributed by atoms with van der Waals surface area (Å²) in [5, 5.41) is 12.2. The van der Waals surface area contributed by atoms with Gasteiger partial charge >= 0.3 is 0 Å². The Labute approximate surface area is 100 Å². The topological polar surface area (TPSA) is 32.3 Å². The standard InChI is InChI=1S/C12H18FNOS/c1-16-8-4-5-10(9-15)14-12-7-3-2-6-11(12)13/h2-3,6-7,10,14-15H,4-5,8-9H2,1H3. The van der Waals surface area contributed by atoms with E-state index in [9.17, 15) is 9.50 Å². The maximum atomic E-state index is 13.3. The molecule has 16 heavy (non-hydrogen) atoms. The van der Waals surface area contributed by atoms with Gasteiger partial charge in [-0.05, 0) is 37.0 Å². The van der Waals surface area contributed by atoms with Crippen molar-refractivity contribution in [2.45, 2.75) is 18.9 Å². The second kappa shape index (κ2) is 7.52. The van der Waals surface area contributed by atoms with Gasteiger partial charge in [0.15, 0.2) is 0 Å². The van der Waals surface area contributed by atoms with Crippen LogP contribution < -0.4 is 5.32 Å². The van der Waals surface area contributed by atoms with Gasteiger partial charge in [-0.25, -0.2) is 4.39 Å². The summed E-state index contributed by atoms with van der Waals surface area (Å²) in [6.07, 6.45) is 3.93. The fraction of sp³-hybridized carbons (Fsp3) is 0.500. The van der Waals surface area contributed by atoms with Crippen LogP contribution in [0.4, 0.5) is 10.1 Å². The number of rotatable bonds is 7. The van der Waals surface area contributed by atoms with Gasteiger partial charge in [0.25, 0.3) is 0 Å². The van der Waals surface area contributed by atoms with E-state index < -0.39 is 0 Å². The van der Waals surface area contributed by atoms with Crippen LogP contribution in [0.25, 0.3) is 0 Å². The molecule has 1 aromatic carbocycles. The maximum absolute atomic E-state index is 13.3. The van der Waals surface area contributed by atoms with Crippen LogP contribution in [0.15, 0.2) is 24.3 Å². The van der Waals surface area contributed by atoms with E-state index in [1.165, 1.54) is 6.07 Å². The summed E-state index contributed by atoms with van der Waals surface area (Å²) in [6, 6.07) is 6.47. The highest BCUT2D eigenvalue weighted by Gasteiger charge is 2.09. The number of thioether (sulfide) groups is 1. The molecule has 1 aromatic rings. The van der Waals surface area contributed by atoms with Crippen LogP contribution in [0.1, 0.15) is 12.8 Å². The van der Waals surface area contributed by atoms with E-state index >= 15 is 0 Å². The first-order chi connectivity index (χ1) is 7.77. The van der Waals surface area contributed by atoms with E-state index in [1.807, 2.05) is 0 Å². The fourth-order valence-electron chi connectivity index (χ4n) is 1.48. The molecule has 0 aliphatic carbocycles. The molecule has 0 bridgehead atoms. The molecule has 2 nitrogen and oxygen atoms in total. The lowest BCUT2D eigenvalue weighted by atomic mass is 10.1. The van der Waals surface area contributed by atoms with Crippen LogP contribution in [0.3, 0.4) is 0 Å². The van der Waals surface area contributed by atoms with E-state index in [1.54, 1.807) is 30.0 Å². The molecule has 0 saturated carbocycles. The van der Waals surface area contributed by atoms with E-state index in [2.05, 4.69) is 11.6 Å². The normalized spacial score (nSPS) is 12.4. The molecule has 1 unspecified atom stereocenters. The van der Waals surface area contributed by atoms with Crippen molar-refractivity contribution in [1.82, 2.24) is 0 Å². The Balaban J connectivity index is 2.46. The summed E-state index contributed by atoms with van der Waals surface area (Å²) in [6.45, 7) is 0.0305. The molecule has 2 N–H and O–H groups in total. The molecule has 0 fully saturated rings. The van der Waals surface area contributed by atoms with Crippen LogP contribution in [-0.2, 0) is 0 Å². The molecule has 1 rings (SSSR count). The largest absolute Gasteiger partial charge is 0.394 e. The Bertz CT molecular complexity index is 309. The summed E-state index contributed by atoms with van der Waals surface area (Å²) in [5.41, 5.74) is 0.464. The third-order valence-electron chi connectivity index (χ3n) is 2.35. The predicted octanol–water partition coefficient (Wildman–Crippen LogP) is 2.74. The van der Waals surface area contributed by atoms with Crippen molar-refractivity contribution in [2.75, 3.05) is 23.9 Å². The molecule has 0 saturated heterocycles. The van der Waals surface area contributed by atoms with Crippen LogP contribution in [-0.4, -0.2) is 29.8 Å². The number of aliphatic hydroxyl groups excluding tert-OH is 1. The zero-order valence-electron chi connectivity index (χ0n) is 9.45. The van der Waals surface area contributed by atoms with Gasteiger partial charge in [-0.3, -0.25) is 0 Å². The molecule has 1 atom stereocenters. The number of para-hydroxylation sites is 1. The Kier molecular flexibility index (Phi) is 6.26. The first kappa shape index (κ1) is 13.3. The lowest BCUT2D eigenvalue weighted by Crippen LogP contribution is -2.24. The molecule has 0 spiro atoms. The Hall–Kier alpha value is -0.740. The van der Waals surface area contributed by atoms with Gasteiger partial charge in [-0.15, -0.1) is 0 Å². The molecule has 90 valence electrons. The molecule has 0 heterocycles. The molecule has 4 heteroatoms. The van der Waals surface area contributed by atoms with E-state index in [0.29, 0.717) is 5.69 Å². The quantitative estimate of drug-likeness (QED) is 0.722. The molecule has 0 aliphatic rings. The number of halogens is 1. The maximum Gasteiger partial charge on any atom is 0.146 e. The number of hydrogen-bond acceptors (Lipinski definition) is 3. The second-order valence-electron chi connectivity index (χ2n) is 3.64. The van der Waals surface area contributed by atoms with Gasteiger partial charge in [0, 0.05) is 6.04 Å². The highest BCUT2D eigenvalue weighted by Crippen LogP contribution is 2.15. The van der Waals surface area contributed by atoms with Gasteiger partial charge < -0.3 is 10.4 Å². The minimum Gasteiger partial charge on any atom is -0.394 e. The van der Waals surface area contributed by atoms with E-state index in [4.69, 9.17) is 0 Å². The molecule has 0 aromatic heterocycles. The number of hydrogen-bond donors (Lipinski definition) is 2. The summed E-state index contributed by atoms with van der Waals surface area (Å²) in [7, 11) is 0. The predicted molar refractivity (Wildman–Crippen MR) is 68.5 cm³/mol. The number of aliphatic hydroxyl groups is 1. The van der Waals surface area contributed by atoms with Crippen molar-refractivity contribution in [1.29, 1.82) is 0 Å². The van der Waals surface area contributed by atoms with E-state index in [-0.39, 0.29) is 18.5 Å². The van der Waals surface area contributed by atoms with Crippen LogP contribution in [0.2, 0.25) is 0 Å².